The Morgan fingerprint density at radius 2 is 1.90 bits per heavy atom. The molecule has 0 spiro atoms. The van der Waals surface area contributed by atoms with Gasteiger partial charge in [-0.1, -0.05) is 0 Å². The van der Waals surface area contributed by atoms with E-state index < -0.39 is 5.97 Å². The molecule has 0 saturated heterocycles. The maximum atomic E-state index is 12.0. The Bertz CT molecular complexity index is 551. The lowest BCUT2D eigenvalue weighted by atomic mass is 10.1. The van der Waals surface area contributed by atoms with Crippen molar-refractivity contribution in [2.24, 2.45) is 0 Å². The smallest absolute Gasteiger partial charge is 0.341 e. The molecule has 2 amide bonds. The van der Waals surface area contributed by atoms with Crippen molar-refractivity contribution in [2.45, 2.75) is 34.1 Å². The highest BCUT2D eigenvalue weighted by Crippen LogP contribution is 2.33. The molecule has 0 radical (unpaired) electrons. The zero-order chi connectivity index (χ0) is 16.0. The summed E-state index contributed by atoms with van der Waals surface area (Å²) in [5.74, 6) is -0.870. The second kappa shape index (κ2) is 7.78. The third-order valence-corrected chi connectivity index (χ3v) is 3.97. The highest BCUT2D eigenvalue weighted by Gasteiger charge is 2.21. The number of amides is 2. The first kappa shape index (κ1) is 17.2. The van der Waals surface area contributed by atoms with E-state index in [0.717, 1.165) is 10.4 Å². The normalized spacial score (nSPS) is 10.1. The SMILES string of the molecule is CCOC(=O)c1c(NC(=O)CCNC(C)=O)sc(C)c1C. The van der Waals surface area contributed by atoms with Gasteiger partial charge < -0.3 is 15.4 Å². The second-order valence-corrected chi connectivity index (χ2v) is 5.71. The van der Waals surface area contributed by atoms with Crippen LogP contribution in [0.4, 0.5) is 5.00 Å². The van der Waals surface area contributed by atoms with Crippen molar-refractivity contribution in [2.75, 3.05) is 18.5 Å². The maximum absolute atomic E-state index is 12.0. The van der Waals surface area contributed by atoms with Gasteiger partial charge in [0.2, 0.25) is 11.8 Å². The molecule has 21 heavy (non-hydrogen) atoms. The van der Waals surface area contributed by atoms with Crippen LogP contribution in [0.5, 0.6) is 0 Å². The number of aryl methyl sites for hydroxylation is 1. The van der Waals surface area contributed by atoms with Crippen LogP contribution in [0.25, 0.3) is 0 Å². The predicted molar refractivity (Wildman–Crippen MR) is 81.7 cm³/mol. The number of nitrogens with one attached hydrogen (secondary N) is 2. The van der Waals surface area contributed by atoms with Gasteiger partial charge in [-0.2, -0.15) is 0 Å². The van der Waals surface area contributed by atoms with E-state index >= 15 is 0 Å². The van der Waals surface area contributed by atoms with Gasteiger partial charge in [0.15, 0.2) is 0 Å². The van der Waals surface area contributed by atoms with E-state index in [2.05, 4.69) is 10.6 Å². The van der Waals surface area contributed by atoms with Crippen LogP contribution in [0.1, 0.15) is 41.1 Å². The van der Waals surface area contributed by atoms with E-state index in [-0.39, 0.29) is 31.4 Å². The molecule has 0 bridgehead atoms. The average Bonchev–Trinajstić information content (AvgIpc) is 2.64. The molecule has 0 aliphatic carbocycles. The van der Waals surface area contributed by atoms with Crippen LogP contribution in [0.2, 0.25) is 0 Å². The van der Waals surface area contributed by atoms with Crippen molar-refractivity contribution in [1.29, 1.82) is 0 Å². The van der Waals surface area contributed by atoms with Gasteiger partial charge in [0.05, 0.1) is 12.2 Å². The van der Waals surface area contributed by atoms with E-state index in [1.807, 2.05) is 13.8 Å². The molecule has 2 N–H and O–H groups in total. The number of hydrogen-bond donors (Lipinski definition) is 2. The summed E-state index contributed by atoms with van der Waals surface area (Å²) in [6.45, 7) is 7.38. The van der Waals surface area contributed by atoms with E-state index in [1.165, 1.54) is 18.3 Å². The molecule has 1 aromatic heterocycles. The molecule has 0 aliphatic heterocycles. The summed E-state index contributed by atoms with van der Waals surface area (Å²) in [6, 6.07) is 0. The molecule has 7 heteroatoms. The number of thiophene rings is 1. The van der Waals surface area contributed by atoms with Crippen molar-refractivity contribution in [3.8, 4) is 0 Å². The third-order valence-electron chi connectivity index (χ3n) is 2.84. The van der Waals surface area contributed by atoms with Crippen molar-refractivity contribution in [3.05, 3.63) is 16.0 Å². The van der Waals surface area contributed by atoms with Gasteiger partial charge >= 0.3 is 5.97 Å². The second-order valence-electron chi connectivity index (χ2n) is 4.49. The summed E-state index contributed by atoms with van der Waals surface area (Å²) in [5.41, 5.74) is 1.22. The lowest BCUT2D eigenvalue weighted by Gasteiger charge is -2.07. The molecule has 1 aromatic rings. The summed E-state index contributed by atoms with van der Waals surface area (Å²) in [6.07, 6.45) is 0.151. The molecule has 0 unspecified atom stereocenters. The third kappa shape index (κ3) is 4.86. The van der Waals surface area contributed by atoms with E-state index in [4.69, 9.17) is 4.74 Å². The van der Waals surface area contributed by atoms with Crippen molar-refractivity contribution in [3.63, 3.8) is 0 Å². The number of carbonyl (C=O) groups excluding carboxylic acids is 3. The summed E-state index contributed by atoms with van der Waals surface area (Å²) in [5, 5.41) is 5.76. The first-order chi connectivity index (χ1) is 9.86. The standard InChI is InChI=1S/C14H20N2O4S/c1-5-20-14(19)12-8(2)9(3)21-13(12)16-11(18)6-7-15-10(4)17/h5-7H2,1-4H3,(H,15,17)(H,16,18). The van der Waals surface area contributed by atoms with Gasteiger partial charge in [-0.15, -0.1) is 11.3 Å². The molecule has 1 rings (SSSR count). The van der Waals surface area contributed by atoms with Crippen LogP contribution >= 0.6 is 11.3 Å². The van der Waals surface area contributed by atoms with Gasteiger partial charge in [0.1, 0.15) is 5.00 Å². The first-order valence-corrected chi connectivity index (χ1v) is 7.49. The van der Waals surface area contributed by atoms with E-state index in [9.17, 15) is 14.4 Å². The average molecular weight is 312 g/mol. The highest BCUT2D eigenvalue weighted by molar-refractivity contribution is 7.16. The van der Waals surface area contributed by atoms with Crippen LogP contribution < -0.4 is 10.6 Å². The summed E-state index contributed by atoms with van der Waals surface area (Å²) in [7, 11) is 0. The Morgan fingerprint density at radius 3 is 2.48 bits per heavy atom. The quantitative estimate of drug-likeness (QED) is 0.787. The monoisotopic (exact) mass is 312 g/mol. The fourth-order valence-corrected chi connectivity index (χ4v) is 2.77. The minimum absolute atomic E-state index is 0.151. The van der Waals surface area contributed by atoms with Crippen LogP contribution in [0, 0.1) is 13.8 Å². The Hall–Kier alpha value is -1.89. The lowest BCUT2D eigenvalue weighted by Crippen LogP contribution is -2.25. The van der Waals surface area contributed by atoms with Crippen molar-refractivity contribution >= 4 is 34.1 Å². The van der Waals surface area contributed by atoms with Crippen molar-refractivity contribution < 1.29 is 19.1 Å². The molecule has 0 aromatic carbocycles. The first-order valence-electron chi connectivity index (χ1n) is 6.68. The maximum Gasteiger partial charge on any atom is 0.341 e. The number of rotatable bonds is 6. The highest BCUT2D eigenvalue weighted by atomic mass is 32.1. The van der Waals surface area contributed by atoms with E-state index in [0.29, 0.717) is 10.6 Å². The van der Waals surface area contributed by atoms with Crippen LogP contribution in [-0.4, -0.2) is 30.9 Å². The number of hydrogen-bond acceptors (Lipinski definition) is 5. The van der Waals surface area contributed by atoms with Crippen molar-refractivity contribution in [1.82, 2.24) is 5.32 Å². The fraction of sp³-hybridized carbons (Fsp3) is 0.500. The minimum atomic E-state index is -0.434. The lowest BCUT2D eigenvalue weighted by molar-refractivity contribution is -0.119. The van der Waals surface area contributed by atoms with Gasteiger partial charge in [-0.25, -0.2) is 4.79 Å². The molecule has 0 fully saturated rings. The summed E-state index contributed by atoms with van der Waals surface area (Å²) in [4.78, 5) is 35.5. The molecule has 1 heterocycles. The molecule has 0 saturated carbocycles. The predicted octanol–water partition coefficient (Wildman–Crippen LogP) is 2.01. The van der Waals surface area contributed by atoms with Gasteiger partial charge in [-0.3, -0.25) is 9.59 Å². The molecule has 6 nitrogen and oxygen atoms in total. The van der Waals surface area contributed by atoms with Crippen LogP contribution in [0.3, 0.4) is 0 Å². The zero-order valence-corrected chi connectivity index (χ0v) is 13.5. The number of ether oxygens (including phenoxy) is 1. The van der Waals surface area contributed by atoms with E-state index in [1.54, 1.807) is 6.92 Å². The van der Waals surface area contributed by atoms with Gasteiger partial charge in [-0.05, 0) is 26.3 Å². The topological polar surface area (TPSA) is 84.5 Å². The van der Waals surface area contributed by atoms with Crippen LogP contribution in [-0.2, 0) is 14.3 Å². The Morgan fingerprint density at radius 1 is 1.24 bits per heavy atom. The van der Waals surface area contributed by atoms with Gasteiger partial charge in [0, 0.05) is 24.8 Å². The number of anilines is 1. The molecular weight excluding hydrogens is 292 g/mol. The molecular formula is C14H20N2O4S. The van der Waals surface area contributed by atoms with Gasteiger partial charge in [0.25, 0.3) is 0 Å². The Balaban J connectivity index is 2.78. The largest absolute Gasteiger partial charge is 0.462 e. The number of carbonyl (C=O) groups is 3. The Labute approximate surface area is 127 Å². The fourth-order valence-electron chi connectivity index (χ4n) is 1.71. The molecule has 116 valence electrons. The zero-order valence-electron chi connectivity index (χ0n) is 12.7. The minimum Gasteiger partial charge on any atom is -0.462 e. The summed E-state index contributed by atoms with van der Waals surface area (Å²) >= 11 is 1.34. The van der Waals surface area contributed by atoms with Crippen LogP contribution in [0.15, 0.2) is 0 Å². The molecule has 0 atom stereocenters. The molecule has 0 aliphatic rings. The summed E-state index contributed by atoms with van der Waals surface area (Å²) < 4.78 is 5.02. The Kier molecular flexibility index (Phi) is 6.36. The number of esters is 1.